The highest BCUT2D eigenvalue weighted by atomic mass is 16.6. The summed E-state index contributed by atoms with van der Waals surface area (Å²) in [5.41, 5.74) is -0.229. The van der Waals surface area contributed by atoms with Crippen LogP contribution in [0.25, 0.3) is 22.3 Å². The first kappa shape index (κ1) is 25.2. The summed E-state index contributed by atoms with van der Waals surface area (Å²) in [7, 11) is 6.86. The Morgan fingerprint density at radius 1 is 0.657 bits per heavy atom. The number of hydrogen-bond acceptors (Lipinski definition) is 11. The zero-order chi connectivity index (χ0) is 25.9. The third-order valence-corrected chi connectivity index (χ3v) is 4.83. The summed E-state index contributed by atoms with van der Waals surface area (Å²) in [6, 6.07) is 4.01. The minimum atomic E-state index is -0.641. The third kappa shape index (κ3) is 4.65. The summed E-state index contributed by atoms with van der Waals surface area (Å²) in [4.78, 5) is 36.6. The van der Waals surface area contributed by atoms with Crippen LogP contribution in [0.3, 0.4) is 0 Å². The molecule has 11 nitrogen and oxygen atoms in total. The molecule has 35 heavy (non-hydrogen) atoms. The molecule has 3 aromatic rings. The Morgan fingerprint density at radius 3 is 1.54 bits per heavy atom. The Kier molecular flexibility index (Phi) is 7.38. The molecule has 0 amide bonds. The number of fused-ring (bicyclic) bond motifs is 1. The van der Waals surface area contributed by atoms with Crippen molar-refractivity contribution >= 4 is 22.9 Å². The minimum Gasteiger partial charge on any atom is -0.492 e. The van der Waals surface area contributed by atoms with Gasteiger partial charge in [-0.3, -0.25) is 14.4 Å². The van der Waals surface area contributed by atoms with E-state index in [-0.39, 0.29) is 62.5 Å². The van der Waals surface area contributed by atoms with Gasteiger partial charge in [-0.1, -0.05) is 0 Å². The largest absolute Gasteiger partial charge is 0.492 e. The fourth-order valence-corrected chi connectivity index (χ4v) is 3.57. The highest BCUT2D eigenvalue weighted by Gasteiger charge is 2.28. The van der Waals surface area contributed by atoms with Crippen molar-refractivity contribution in [2.75, 3.05) is 35.5 Å². The predicted octanol–water partition coefficient (Wildman–Crippen LogP) is 3.35. The zero-order valence-corrected chi connectivity index (χ0v) is 20.2. The Balaban J connectivity index is 2.41. The molecule has 1 aromatic heterocycles. The van der Waals surface area contributed by atoms with E-state index in [1.54, 1.807) is 0 Å². The molecule has 0 saturated carbocycles. The van der Waals surface area contributed by atoms with Gasteiger partial charge in [-0.2, -0.15) is 0 Å². The van der Waals surface area contributed by atoms with Crippen LogP contribution in [-0.4, -0.2) is 47.5 Å². The van der Waals surface area contributed by atoms with Crippen LogP contribution >= 0.6 is 0 Å². The number of hydrogen-bond donors (Lipinski definition) is 0. The monoisotopic (exact) mass is 488 g/mol. The second-order valence-corrected chi connectivity index (χ2v) is 7.01. The summed E-state index contributed by atoms with van der Waals surface area (Å²) in [5.74, 6) is -0.845. The molecule has 11 heteroatoms. The van der Waals surface area contributed by atoms with Crippen molar-refractivity contribution < 1.29 is 47.2 Å². The molecule has 0 atom stereocenters. The van der Waals surface area contributed by atoms with Crippen LogP contribution < -0.4 is 38.6 Å². The van der Waals surface area contributed by atoms with Crippen molar-refractivity contribution in [3.05, 3.63) is 28.4 Å². The van der Waals surface area contributed by atoms with Crippen molar-refractivity contribution in [2.24, 2.45) is 0 Å². The molecule has 186 valence electrons. The van der Waals surface area contributed by atoms with E-state index >= 15 is 0 Å². The maximum atomic E-state index is 13.2. The van der Waals surface area contributed by atoms with E-state index < -0.39 is 17.4 Å². The van der Waals surface area contributed by atoms with E-state index in [4.69, 9.17) is 37.6 Å². The van der Waals surface area contributed by atoms with E-state index in [9.17, 15) is 14.4 Å². The Bertz CT molecular complexity index is 1320. The second-order valence-electron chi connectivity index (χ2n) is 7.01. The predicted molar refractivity (Wildman–Crippen MR) is 123 cm³/mol. The van der Waals surface area contributed by atoms with Crippen LogP contribution in [0, 0.1) is 0 Å². The lowest BCUT2D eigenvalue weighted by molar-refractivity contribution is -0.132. The number of rotatable bonds is 8. The molecule has 0 spiro atoms. The van der Waals surface area contributed by atoms with Gasteiger partial charge in [0.2, 0.25) is 23.0 Å². The van der Waals surface area contributed by atoms with Crippen molar-refractivity contribution in [1.82, 2.24) is 0 Å². The molecule has 0 aliphatic rings. The smallest absolute Gasteiger partial charge is 0.308 e. The molecule has 1 heterocycles. The number of ether oxygens (including phenoxy) is 7. The topological polar surface area (TPSA) is 129 Å². The van der Waals surface area contributed by atoms with Gasteiger partial charge in [0.05, 0.1) is 35.5 Å². The van der Waals surface area contributed by atoms with Gasteiger partial charge in [0.1, 0.15) is 11.1 Å². The fourth-order valence-electron chi connectivity index (χ4n) is 3.57. The lowest BCUT2D eigenvalue weighted by Gasteiger charge is -2.18. The molecule has 0 N–H and O–H groups in total. The van der Waals surface area contributed by atoms with Crippen molar-refractivity contribution in [3.63, 3.8) is 0 Å². The van der Waals surface area contributed by atoms with Crippen molar-refractivity contribution in [2.45, 2.75) is 13.8 Å². The first-order valence-electron chi connectivity index (χ1n) is 10.1. The Hall–Kier alpha value is -4.41. The van der Waals surface area contributed by atoms with Crippen molar-refractivity contribution in [1.29, 1.82) is 0 Å². The lowest BCUT2D eigenvalue weighted by Crippen LogP contribution is -2.08. The SMILES string of the molecule is COc1c(OC(C)=O)cc(-c2cc(=O)c3c(OC)c(OC)c(OC)c(OC)c3o2)cc1OC(C)=O. The normalized spacial score (nSPS) is 10.5. The van der Waals surface area contributed by atoms with E-state index in [2.05, 4.69) is 0 Å². The molecule has 0 saturated heterocycles. The van der Waals surface area contributed by atoms with Gasteiger partial charge >= 0.3 is 11.9 Å². The Morgan fingerprint density at radius 2 is 1.11 bits per heavy atom. The average Bonchev–Trinajstić information content (AvgIpc) is 2.81. The lowest BCUT2D eigenvalue weighted by atomic mass is 10.1. The first-order valence-corrected chi connectivity index (χ1v) is 10.1. The number of carbonyl (C=O) groups is 2. The zero-order valence-electron chi connectivity index (χ0n) is 20.2. The molecule has 0 aliphatic carbocycles. The van der Waals surface area contributed by atoms with Crippen LogP contribution in [0.15, 0.2) is 27.4 Å². The summed E-state index contributed by atoms with van der Waals surface area (Å²) in [5, 5.41) is 0.0553. The molecular weight excluding hydrogens is 464 g/mol. The van der Waals surface area contributed by atoms with Gasteiger partial charge in [0, 0.05) is 25.5 Å². The maximum Gasteiger partial charge on any atom is 0.308 e. The quantitative estimate of drug-likeness (QED) is 0.342. The van der Waals surface area contributed by atoms with E-state index in [1.807, 2.05) is 0 Å². The van der Waals surface area contributed by atoms with Crippen LogP contribution in [0.1, 0.15) is 13.8 Å². The van der Waals surface area contributed by atoms with Gasteiger partial charge in [-0.15, -0.1) is 0 Å². The molecule has 2 aromatic carbocycles. The minimum absolute atomic E-state index is 0.00735. The third-order valence-electron chi connectivity index (χ3n) is 4.83. The van der Waals surface area contributed by atoms with Gasteiger partial charge < -0.3 is 37.6 Å². The molecular formula is C24H24O11. The summed E-state index contributed by atoms with van der Waals surface area (Å²) >= 11 is 0. The molecule has 0 aliphatic heterocycles. The molecule has 0 unspecified atom stereocenters. The maximum absolute atomic E-state index is 13.2. The second kappa shape index (κ2) is 10.2. The van der Waals surface area contributed by atoms with E-state index in [0.29, 0.717) is 0 Å². The number of methoxy groups -OCH3 is 5. The fraction of sp³-hybridized carbons (Fsp3) is 0.292. The number of benzene rings is 2. The standard InChI is InChI=1S/C24H24O11/c1-11(25)33-16-8-13(9-17(19(16)28-3)34-12(2)26)15-10-14(27)18-20(29-4)22(30-5)24(32-7)23(31-6)21(18)35-15/h8-10H,1-7H3. The first-order chi connectivity index (χ1) is 16.7. The highest BCUT2D eigenvalue weighted by Crippen LogP contribution is 2.51. The van der Waals surface area contributed by atoms with Crippen LogP contribution in [0.2, 0.25) is 0 Å². The molecule has 3 rings (SSSR count). The summed E-state index contributed by atoms with van der Waals surface area (Å²) in [6.45, 7) is 2.40. The van der Waals surface area contributed by atoms with Gasteiger partial charge in [-0.25, -0.2) is 0 Å². The van der Waals surface area contributed by atoms with Gasteiger partial charge in [0.25, 0.3) is 0 Å². The van der Waals surface area contributed by atoms with Gasteiger partial charge in [-0.05, 0) is 12.1 Å². The highest BCUT2D eigenvalue weighted by molar-refractivity contribution is 5.95. The van der Waals surface area contributed by atoms with Crippen LogP contribution in [-0.2, 0) is 9.59 Å². The molecule has 0 bridgehead atoms. The van der Waals surface area contributed by atoms with Crippen LogP contribution in [0.4, 0.5) is 0 Å². The Labute approximate surface area is 200 Å². The van der Waals surface area contributed by atoms with E-state index in [0.717, 1.165) is 0 Å². The number of esters is 2. The van der Waals surface area contributed by atoms with Gasteiger partial charge in [0.15, 0.2) is 28.3 Å². The molecule has 0 radical (unpaired) electrons. The van der Waals surface area contributed by atoms with Crippen molar-refractivity contribution in [3.8, 4) is 51.6 Å². The van der Waals surface area contributed by atoms with Crippen LogP contribution in [0.5, 0.6) is 40.2 Å². The van der Waals surface area contributed by atoms with E-state index in [1.165, 1.54) is 67.6 Å². The molecule has 0 fully saturated rings. The average molecular weight is 488 g/mol. The summed E-state index contributed by atoms with van der Waals surface area (Å²) < 4.78 is 43.5. The number of carbonyl (C=O) groups excluding carboxylic acids is 2. The summed E-state index contributed by atoms with van der Waals surface area (Å²) in [6.07, 6.45) is 0.